The minimum absolute atomic E-state index is 1.01. The summed E-state index contributed by atoms with van der Waals surface area (Å²) in [5, 5.41) is 0. The molecule has 0 aromatic carbocycles. The molecule has 0 aromatic heterocycles. The monoisotopic (exact) mass is 236 g/mol. The maximum Gasteiger partial charge on any atom is -0.0354 e. The fourth-order valence-corrected chi connectivity index (χ4v) is 3.85. The first-order valence-electron chi connectivity index (χ1n) is 8.13. The van der Waals surface area contributed by atoms with Gasteiger partial charge in [-0.25, -0.2) is 0 Å². The van der Waals surface area contributed by atoms with Gasteiger partial charge in [0.25, 0.3) is 0 Å². The van der Waals surface area contributed by atoms with Gasteiger partial charge < -0.3 is 0 Å². The number of hydrogen-bond acceptors (Lipinski definition) is 0. The molecule has 0 aliphatic heterocycles. The standard InChI is InChI=1S/C17H32/c1-5-6-7-8-12(2)16-11-17(16)14(4)10-15-9-13(15)3/h12-17H,5-11H2,1-4H3. The van der Waals surface area contributed by atoms with E-state index in [0.717, 1.165) is 35.5 Å². The smallest absolute Gasteiger partial charge is 0.0354 e. The van der Waals surface area contributed by atoms with Crippen LogP contribution in [0.5, 0.6) is 0 Å². The molecule has 0 aromatic rings. The van der Waals surface area contributed by atoms with Crippen LogP contribution in [0.15, 0.2) is 0 Å². The Bertz CT molecular complexity index is 232. The lowest BCUT2D eigenvalue weighted by Gasteiger charge is -2.14. The van der Waals surface area contributed by atoms with E-state index >= 15 is 0 Å². The summed E-state index contributed by atoms with van der Waals surface area (Å²) in [7, 11) is 0. The summed E-state index contributed by atoms with van der Waals surface area (Å²) in [4.78, 5) is 0. The molecule has 2 aliphatic rings. The van der Waals surface area contributed by atoms with Crippen LogP contribution in [0, 0.1) is 35.5 Å². The Morgan fingerprint density at radius 2 is 1.65 bits per heavy atom. The SMILES string of the molecule is CCCCCC(C)C1CC1C(C)CC1CC1C. The number of rotatable bonds is 8. The van der Waals surface area contributed by atoms with Crippen LogP contribution in [0.3, 0.4) is 0 Å². The van der Waals surface area contributed by atoms with Crippen LogP contribution in [0.1, 0.15) is 72.6 Å². The van der Waals surface area contributed by atoms with Crippen LogP contribution in [0.25, 0.3) is 0 Å². The maximum atomic E-state index is 2.52. The Morgan fingerprint density at radius 1 is 1.00 bits per heavy atom. The van der Waals surface area contributed by atoms with Crippen molar-refractivity contribution in [3.8, 4) is 0 Å². The zero-order valence-electron chi connectivity index (χ0n) is 12.4. The van der Waals surface area contributed by atoms with E-state index in [4.69, 9.17) is 0 Å². The summed E-state index contributed by atoms with van der Waals surface area (Å²) >= 11 is 0. The van der Waals surface area contributed by atoms with E-state index in [1.54, 1.807) is 6.42 Å². The van der Waals surface area contributed by atoms with Gasteiger partial charge in [0.1, 0.15) is 0 Å². The molecule has 2 saturated carbocycles. The first kappa shape index (κ1) is 13.4. The first-order chi connectivity index (χ1) is 8.13. The maximum absolute atomic E-state index is 2.52. The zero-order valence-corrected chi connectivity index (χ0v) is 12.4. The molecule has 0 spiro atoms. The Morgan fingerprint density at radius 3 is 2.24 bits per heavy atom. The molecule has 2 aliphatic carbocycles. The highest BCUT2D eigenvalue weighted by atomic mass is 14.5. The topological polar surface area (TPSA) is 0 Å². The normalized spacial score (nSPS) is 38.8. The third-order valence-corrected chi connectivity index (χ3v) is 5.57. The molecule has 2 rings (SSSR count). The lowest BCUT2D eigenvalue weighted by molar-refractivity contribution is 0.354. The van der Waals surface area contributed by atoms with Crippen molar-refractivity contribution in [2.45, 2.75) is 72.6 Å². The molecule has 17 heavy (non-hydrogen) atoms. The van der Waals surface area contributed by atoms with Crippen LogP contribution in [-0.4, -0.2) is 0 Å². The third-order valence-electron chi connectivity index (χ3n) is 5.57. The molecule has 6 unspecified atom stereocenters. The van der Waals surface area contributed by atoms with Crippen molar-refractivity contribution in [1.82, 2.24) is 0 Å². The highest BCUT2D eigenvalue weighted by Gasteiger charge is 2.45. The predicted octanol–water partition coefficient (Wildman–Crippen LogP) is 5.52. The zero-order chi connectivity index (χ0) is 12.4. The Kier molecular flexibility index (Phi) is 4.55. The summed E-state index contributed by atoms with van der Waals surface area (Å²) in [6.45, 7) is 9.76. The van der Waals surface area contributed by atoms with Crippen molar-refractivity contribution in [2.75, 3.05) is 0 Å². The van der Waals surface area contributed by atoms with Crippen LogP contribution in [0.4, 0.5) is 0 Å². The molecular weight excluding hydrogens is 204 g/mol. The van der Waals surface area contributed by atoms with Crippen molar-refractivity contribution >= 4 is 0 Å². The second-order valence-electron chi connectivity index (χ2n) is 7.22. The fourth-order valence-electron chi connectivity index (χ4n) is 3.85. The van der Waals surface area contributed by atoms with E-state index in [1.165, 1.54) is 38.5 Å². The second-order valence-corrected chi connectivity index (χ2v) is 7.22. The number of unbranched alkanes of at least 4 members (excludes halogenated alkanes) is 2. The van der Waals surface area contributed by atoms with Gasteiger partial charge in [0.15, 0.2) is 0 Å². The van der Waals surface area contributed by atoms with Crippen molar-refractivity contribution < 1.29 is 0 Å². The minimum Gasteiger partial charge on any atom is -0.0654 e. The van der Waals surface area contributed by atoms with Crippen molar-refractivity contribution in [3.63, 3.8) is 0 Å². The molecule has 0 heteroatoms. The van der Waals surface area contributed by atoms with Gasteiger partial charge in [0.2, 0.25) is 0 Å². The van der Waals surface area contributed by atoms with E-state index in [2.05, 4.69) is 27.7 Å². The van der Waals surface area contributed by atoms with E-state index in [1.807, 2.05) is 0 Å². The molecule has 2 fully saturated rings. The van der Waals surface area contributed by atoms with E-state index < -0.39 is 0 Å². The average molecular weight is 236 g/mol. The van der Waals surface area contributed by atoms with Crippen molar-refractivity contribution in [2.24, 2.45) is 35.5 Å². The highest BCUT2D eigenvalue weighted by molar-refractivity contribution is 4.95. The van der Waals surface area contributed by atoms with E-state index in [9.17, 15) is 0 Å². The third kappa shape index (κ3) is 3.73. The summed E-state index contributed by atoms with van der Waals surface area (Å²) in [6.07, 6.45) is 10.4. The van der Waals surface area contributed by atoms with Crippen LogP contribution < -0.4 is 0 Å². The van der Waals surface area contributed by atoms with E-state index in [-0.39, 0.29) is 0 Å². The van der Waals surface area contributed by atoms with Gasteiger partial charge in [-0.2, -0.15) is 0 Å². The van der Waals surface area contributed by atoms with Gasteiger partial charge in [-0.3, -0.25) is 0 Å². The molecule has 6 atom stereocenters. The minimum atomic E-state index is 1.01. The lowest BCUT2D eigenvalue weighted by atomic mass is 9.91. The Balaban J connectivity index is 1.61. The van der Waals surface area contributed by atoms with Crippen LogP contribution in [0.2, 0.25) is 0 Å². The molecule has 0 saturated heterocycles. The molecule has 0 amide bonds. The summed E-state index contributed by atoms with van der Waals surface area (Å²) in [5.74, 6) is 6.36. The molecule has 100 valence electrons. The molecule has 0 N–H and O–H groups in total. The molecule has 0 nitrogen and oxygen atoms in total. The highest BCUT2D eigenvalue weighted by Crippen LogP contribution is 2.54. The van der Waals surface area contributed by atoms with Gasteiger partial charge in [-0.1, -0.05) is 53.4 Å². The first-order valence-corrected chi connectivity index (χ1v) is 8.13. The Labute approximate surface area is 109 Å². The van der Waals surface area contributed by atoms with Gasteiger partial charge >= 0.3 is 0 Å². The van der Waals surface area contributed by atoms with Crippen LogP contribution in [-0.2, 0) is 0 Å². The predicted molar refractivity (Wildman–Crippen MR) is 76.0 cm³/mol. The Hall–Kier alpha value is 0. The second kappa shape index (κ2) is 5.76. The quantitative estimate of drug-likeness (QED) is 0.487. The van der Waals surface area contributed by atoms with Crippen molar-refractivity contribution in [3.05, 3.63) is 0 Å². The summed E-state index contributed by atoms with van der Waals surface area (Å²) in [6, 6.07) is 0. The molecule has 0 heterocycles. The van der Waals surface area contributed by atoms with Gasteiger partial charge in [-0.05, 0) is 54.8 Å². The molecule has 0 bridgehead atoms. The van der Waals surface area contributed by atoms with Gasteiger partial charge in [0, 0.05) is 0 Å². The average Bonchev–Trinajstić information content (AvgIpc) is 3.16. The largest absolute Gasteiger partial charge is 0.0654 e. The van der Waals surface area contributed by atoms with Gasteiger partial charge in [0.05, 0.1) is 0 Å². The van der Waals surface area contributed by atoms with Crippen molar-refractivity contribution in [1.29, 1.82) is 0 Å². The number of hydrogen-bond donors (Lipinski definition) is 0. The lowest BCUT2D eigenvalue weighted by Crippen LogP contribution is -2.06. The fraction of sp³-hybridized carbons (Fsp3) is 1.00. The van der Waals surface area contributed by atoms with Gasteiger partial charge in [-0.15, -0.1) is 0 Å². The summed E-state index contributed by atoms with van der Waals surface area (Å²) in [5.41, 5.74) is 0. The molecular formula is C17H32. The van der Waals surface area contributed by atoms with E-state index in [0.29, 0.717) is 0 Å². The summed E-state index contributed by atoms with van der Waals surface area (Å²) < 4.78 is 0. The van der Waals surface area contributed by atoms with Crippen LogP contribution >= 0.6 is 0 Å². The molecule has 0 radical (unpaired) electrons.